The highest BCUT2D eigenvalue weighted by atomic mass is 16.6. The molecule has 0 bridgehead atoms. The number of nitrogens with one attached hydrogen (secondary N) is 1. The van der Waals surface area contributed by atoms with Crippen LogP contribution >= 0.6 is 0 Å². The molecule has 2 aliphatic rings. The standard InChI is InChI=1S/C13H10N2O5/c16-10(15-5-1-4-14-13(15)19)7-2-3-8-9(6-7)12(18)20-11(8)17/h2-3,6H,1,4-5H2,(H,14,19). The molecule has 2 heterocycles. The van der Waals surface area contributed by atoms with Crippen molar-refractivity contribution in [3.63, 3.8) is 0 Å². The minimum absolute atomic E-state index is 0.0540. The van der Waals surface area contributed by atoms with Crippen LogP contribution in [-0.4, -0.2) is 41.9 Å². The Morgan fingerprint density at radius 3 is 2.65 bits per heavy atom. The topological polar surface area (TPSA) is 92.8 Å². The van der Waals surface area contributed by atoms with E-state index in [-0.39, 0.29) is 16.7 Å². The van der Waals surface area contributed by atoms with Crippen LogP contribution in [0.15, 0.2) is 18.2 Å². The molecule has 0 atom stereocenters. The van der Waals surface area contributed by atoms with E-state index >= 15 is 0 Å². The van der Waals surface area contributed by atoms with Gasteiger partial charge in [-0.05, 0) is 24.6 Å². The molecule has 1 N–H and O–H groups in total. The summed E-state index contributed by atoms with van der Waals surface area (Å²) in [5.41, 5.74) is 0.361. The van der Waals surface area contributed by atoms with E-state index < -0.39 is 23.9 Å². The molecule has 0 spiro atoms. The van der Waals surface area contributed by atoms with Gasteiger partial charge < -0.3 is 10.1 Å². The van der Waals surface area contributed by atoms with Gasteiger partial charge in [0, 0.05) is 18.7 Å². The summed E-state index contributed by atoms with van der Waals surface area (Å²) < 4.78 is 4.45. The van der Waals surface area contributed by atoms with E-state index in [0.717, 1.165) is 4.90 Å². The maximum atomic E-state index is 12.2. The molecule has 1 aromatic carbocycles. The molecule has 3 amide bonds. The number of carbonyl (C=O) groups excluding carboxylic acids is 4. The van der Waals surface area contributed by atoms with E-state index in [1.54, 1.807) is 0 Å². The second-order valence-electron chi connectivity index (χ2n) is 4.48. The molecule has 0 aliphatic carbocycles. The number of amides is 3. The lowest BCUT2D eigenvalue weighted by Crippen LogP contribution is -2.49. The van der Waals surface area contributed by atoms with Crippen molar-refractivity contribution in [2.75, 3.05) is 13.1 Å². The van der Waals surface area contributed by atoms with Crippen molar-refractivity contribution in [2.24, 2.45) is 0 Å². The zero-order valence-corrected chi connectivity index (χ0v) is 10.3. The van der Waals surface area contributed by atoms with E-state index in [1.165, 1.54) is 18.2 Å². The zero-order chi connectivity index (χ0) is 14.3. The summed E-state index contributed by atoms with van der Waals surface area (Å²) in [6, 6.07) is 3.59. The predicted molar refractivity (Wildman–Crippen MR) is 65.2 cm³/mol. The number of carbonyl (C=O) groups is 4. The van der Waals surface area contributed by atoms with Crippen LogP contribution < -0.4 is 5.32 Å². The van der Waals surface area contributed by atoms with Gasteiger partial charge in [-0.3, -0.25) is 9.69 Å². The van der Waals surface area contributed by atoms with Crippen molar-refractivity contribution >= 4 is 23.9 Å². The first kappa shape index (κ1) is 12.3. The highest BCUT2D eigenvalue weighted by Crippen LogP contribution is 2.22. The number of hydrogen-bond acceptors (Lipinski definition) is 5. The van der Waals surface area contributed by atoms with E-state index in [4.69, 9.17) is 0 Å². The first-order valence-corrected chi connectivity index (χ1v) is 6.08. The normalized spacial score (nSPS) is 17.6. The van der Waals surface area contributed by atoms with Crippen LogP contribution in [0.1, 0.15) is 37.5 Å². The highest BCUT2D eigenvalue weighted by Gasteiger charge is 2.32. The molecular weight excluding hydrogens is 264 g/mol. The second kappa shape index (κ2) is 4.44. The Kier molecular flexibility index (Phi) is 2.74. The van der Waals surface area contributed by atoms with Crippen LogP contribution in [0.25, 0.3) is 0 Å². The number of benzene rings is 1. The minimum Gasteiger partial charge on any atom is -0.386 e. The summed E-state index contributed by atoms with van der Waals surface area (Å²) >= 11 is 0. The SMILES string of the molecule is O=C1OC(=O)c2cc(C(=O)N3CCCNC3=O)ccc21. The third-order valence-electron chi connectivity index (χ3n) is 3.22. The third kappa shape index (κ3) is 1.83. The number of imide groups is 1. The quantitative estimate of drug-likeness (QED) is 0.596. The summed E-state index contributed by atoms with van der Waals surface area (Å²) in [5.74, 6) is -2.00. The number of hydrogen-bond donors (Lipinski definition) is 1. The lowest BCUT2D eigenvalue weighted by atomic mass is 10.0. The van der Waals surface area contributed by atoms with Gasteiger partial charge >= 0.3 is 18.0 Å². The van der Waals surface area contributed by atoms with Crippen molar-refractivity contribution < 1.29 is 23.9 Å². The van der Waals surface area contributed by atoms with Crippen molar-refractivity contribution in [3.05, 3.63) is 34.9 Å². The molecule has 0 saturated carbocycles. The van der Waals surface area contributed by atoms with Gasteiger partial charge in [-0.15, -0.1) is 0 Å². The van der Waals surface area contributed by atoms with Crippen LogP contribution in [0.2, 0.25) is 0 Å². The number of ether oxygens (including phenoxy) is 1. The maximum Gasteiger partial charge on any atom is 0.346 e. The maximum absolute atomic E-state index is 12.2. The summed E-state index contributed by atoms with van der Waals surface area (Å²) in [7, 11) is 0. The summed E-state index contributed by atoms with van der Waals surface area (Å²) in [6.45, 7) is 0.860. The minimum atomic E-state index is -0.775. The van der Waals surface area contributed by atoms with Crippen LogP contribution in [0.4, 0.5) is 4.79 Å². The molecule has 102 valence electrons. The van der Waals surface area contributed by atoms with E-state index in [2.05, 4.69) is 10.1 Å². The Morgan fingerprint density at radius 1 is 1.15 bits per heavy atom. The molecule has 1 aromatic rings. The Balaban J connectivity index is 1.93. The van der Waals surface area contributed by atoms with E-state index in [0.29, 0.717) is 19.5 Å². The lowest BCUT2D eigenvalue weighted by Gasteiger charge is -2.25. The van der Waals surface area contributed by atoms with Gasteiger partial charge in [0.25, 0.3) is 5.91 Å². The molecule has 0 aromatic heterocycles. The summed E-state index contributed by atoms with van der Waals surface area (Å²) in [5, 5.41) is 2.57. The van der Waals surface area contributed by atoms with Crippen molar-refractivity contribution in [1.82, 2.24) is 10.2 Å². The van der Waals surface area contributed by atoms with Gasteiger partial charge in [0.1, 0.15) is 0 Å². The van der Waals surface area contributed by atoms with Crippen LogP contribution in [0.3, 0.4) is 0 Å². The number of rotatable bonds is 1. The van der Waals surface area contributed by atoms with Gasteiger partial charge in [0.05, 0.1) is 11.1 Å². The number of cyclic esters (lactones) is 2. The van der Waals surface area contributed by atoms with Crippen LogP contribution in [0.5, 0.6) is 0 Å². The lowest BCUT2D eigenvalue weighted by molar-refractivity contribution is 0.0443. The Bertz CT molecular complexity index is 652. The molecule has 1 fully saturated rings. The van der Waals surface area contributed by atoms with Crippen molar-refractivity contribution in [1.29, 1.82) is 0 Å². The average Bonchev–Trinajstić information content (AvgIpc) is 2.73. The number of urea groups is 1. The van der Waals surface area contributed by atoms with Gasteiger partial charge in [0.2, 0.25) is 0 Å². The third-order valence-corrected chi connectivity index (χ3v) is 3.22. The van der Waals surface area contributed by atoms with Gasteiger partial charge in [-0.2, -0.15) is 0 Å². The van der Waals surface area contributed by atoms with Crippen LogP contribution in [0, 0.1) is 0 Å². The number of fused-ring (bicyclic) bond motifs is 1. The van der Waals surface area contributed by atoms with Gasteiger partial charge in [0.15, 0.2) is 0 Å². The first-order chi connectivity index (χ1) is 9.58. The highest BCUT2D eigenvalue weighted by molar-refractivity contribution is 6.16. The Hall–Kier alpha value is -2.70. The average molecular weight is 274 g/mol. The Morgan fingerprint density at radius 2 is 1.90 bits per heavy atom. The fourth-order valence-corrected chi connectivity index (χ4v) is 2.20. The molecule has 20 heavy (non-hydrogen) atoms. The van der Waals surface area contributed by atoms with Crippen molar-refractivity contribution in [2.45, 2.75) is 6.42 Å². The Labute approximate surface area is 113 Å². The monoisotopic (exact) mass is 274 g/mol. The van der Waals surface area contributed by atoms with Crippen molar-refractivity contribution in [3.8, 4) is 0 Å². The fourth-order valence-electron chi connectivity index (χ4n) is 2.20. The second-order valence-corrected chi connectivity index (χ2v) is 4.48. The number of nitrogens with zero attached hydrogens (tertiary/aromatic N) is 1. The molecule has 0 radical (unpaired) electrons. The molecule has 7 nitrogen and oxygen atoms in total. The smallest absolute Gasteiger partial charge is 0.346 e. The molecule has 1 saturated heterocycles. The molecule has 3 rings (SSSR count). The fraction of sp³-hybridized carbons (Fsp3) is 0.231. The summed E-state index contributed by atoms with van der Waals surface area (Å²) in [4.78, 5) is 47.7. The van der Waals surface area contributed by atoms with Crippen LogP contribution in [-0.2, 0) is 4.74 Å². The summed E-state index contributed by atoms with van der Waals surface area (Å²) in [6.07, 6.45) is 0.670. The number of esters is 2. The molecule has 7 heteroatoms. The molecular formula is C13H10N2O5. The zero-order valence-electron chi connectivity index (χ0n) is 10.3. The van der Waals surface area contributed by atoms with E-state index in [1.807, 2.05) is 0 Å². The predicted octanol–water partition coefficient (Wildman–Crippen LogP) is 0.553. The molecule has 2 aliphatic heterocycles. The first-order valence-electron chi connectivity index (χ1n) is 6.08. The molecule has 0 unspecified atom stereocenters. The van der Waals surface area contributed by atoms with Gasteiger partial charge in [-0.1, -0.05) is 0 Å². The largest absolute Gasteiger partial charge is 0.386 e. The van der Waals surface area contributed by atoms with Gasteiger partial charge in [-0.25, -0.2) is 14.4 Å². The van der Waals surface area contributed by atoms with E-state index in [9.17, 15) is 19.2 Å².